The van der Waals surface area contributed by atoms with E-state index in [0.717, 1.165) is 29.4 Å². The first-order chi connectivity index (χ1) is 15.0. The van der Waals surface area contributed by atoms with Crippen molar-refractivity contribution in [2.24, 2.45) is 0 Å². The Morgan fingerprint density at radius 2 is 1.84 bits per heavy atom. The minimum Gasteiger partial charge on any atom is -0.378 e. The lowest BCUT2D eigenvalue weighted by molar-refractivity contribution is -0.113. The van der Waals surface area contributed by atoms with E-state index in [2.05, 4.69) is 20.4 Å². The maximum absolute atomic E-state index is 13.4. The van der Waals surface area contributed by atoms with Crippen LogP contribution >= 0.6 is 11.8 Å². The van der Waals surface area contributed by atoms with Crippen LogP contribution in [0.25, 0.3) is 5.69 Å². The van der Waals surface area contributed by atoms with Crippen molar-refractivity contribution in [2.75, 3.05) is 42.3 Å². The van der Waals surface area contributed by atoms with Gasteiger partial charge in [0.2, 0.25) is 11.9 Å². The number of amides is 1. The number of nitrogens with zero attached hydrogens (tertiary/aromatic N) is 4. The van der Waals surface area contributed by atoms with Gasteiger partial charge in [-0.3, -0.25) is 9.36 Å². The molecular formula is C21H21F2N5O2S. The number of hydrogen-bond acceptors (Lipinski definition) is 6. The molecule has 1 aliphatic rings. The highest BCUT2D eigenvalue weighted by molar-refractivity contribution is 7.99. The van der Waals surface area contributed by atoms with Crippen LogP contribution in [-0.2, 0) is 9.53 Å². The molecule has 0 spiro atoms. The van der Waals surface area contributed by atoms with Gasteiger partial charge in [-0.05, 0) is 30.7 Å². The fraction of sp³-hybridized carbons (Fsp3) is 0.286. The Labute approximate surface area is 182 Å². The summed E-state index contributed by atoms with van der Waals surface area (Å²) in [6.07, 6.45) is 0. The summed E-state index contributed by atoms with van der Waals surface area (Å²) in [5, 5.41) is 11.7. The third-order valence-electron chi connectivity index (χ3n) is 4.75. The maximum Gasteiger partial charge on any atom is 0.234 e. The summed E-state index contributed by atoms with van der Waals surface area (Å²) in [5.74, 6) is -1.21. The number of hydrogen-bond donors (Lipinski definition) is 1. The standard InChI is InChI=1S/C21H21F2N5O2S/c1-14-4-2-3-5-18(14)28-20(27-6-8-30-9-7-27)25-26-21(28)31-13-19(29)24-17-11-15(22)10-16(23)12-17/h2-5,10-12H,6-9,13H2,1H3,(H,24,29). The normalized spacial score (nSPS) is 14.0. The van der Waals surface area contributed by atoms with Gasteiger partial charge in [0, 0.05) is 24.8 Å². The monoisotopic (exact) mass is 445 g/mol. The Morgan fingerprint density at radius 1 is 1.13 bits per heavy atom. The molecule has 0 saturated carbocycles. The van der Waals surface area contributed by atoms with Gasteiger partial charge in [0.15, 0.2) is 5.16 Å². The largest absolute Gasteiger partial charge is 0.378 e. The highest BCUT2D eigenvalue weighted by Crippen LogP contribution is 2.29. The van der Waals surface area contributed by atoms with Crippen LogP contribution in [-0.4, -0.2) is 52.7 Å². The Kier molecular flexibility index (Phi) is 6.47. The molecule has 1 fully saturated rings. The first-order valence-corrected chi connectivity index (χ1v) is 10.7. The van der Waals surface area contributed by atoms with Crippen molar-refractivity contribution >= 4 is 29.3 Å². The van der Waals surface area contributed by atoms with E-state index in [4.69, 9.17) is 4.74 Å². The zero-order valence-corrected chi connectivity index (χ0v) is 17.7. The molecule has 0 bridgehead atoms. The number of nitrogens with one attached hydrogen (secondary N) is 1. The Bertz CT molecular complexity index is 1070. The lowest BCUT2D eigenvalue weighted by atomic mass is 10.2. The number of carbonyl (C=O) groups excluding carboxylic acids is 1. The molecule has 7 nitrogen and oxygen atoms in total. The van der Waals surface area contributed by atoms with Crippen molar-refractivity contribution in [3.63, 3.8) is 0 Å². The highest BCUT2D eigenvalue weighted by atomic mass is 32.2. The van der Waals surface area contributed by atoms with Gasteiger partial charge in [0.25, 0.3) is 0 Å². The average Bonchev–Trinajstić information content (AvgIpc) is 3.16. The predicted octanol–water partition coefficient (Wildman–Crippen LogP) is 3.42. The first kappa shape index (κ1) is 21.3. The van der Waals surface area contributed by atoms with Crippen LogP contribution in [0.1, 0.15) is 5.56 Å². The second-order valence-electron chi connectivity index (χ2n) is 7.00. The summed E-state index contributed by atoms with van der Waals surface area (Å²) in [4.78, 5) is 14.5. The van der Waals surface area contributed by atoms with Crippen molar-refractivity contribution in [1.82, 2.24) is 14.8 Å². The lowest BCUT2D eigenvalue weighted by Crippen LogP contribution is -2.38. The second-order valence-corrected chi connectivity index (χ2v) is 7.94. The van der Waals surface area contributed by atoms with Gasteiger partial charge in [0.05, 0.1) is 24.7 Å². The number of ether oxygens (including phenoxy) is 1. The molecule has 0 unspecified atom stereocenters. The molecule has 1 aliphatic heterocycles. The number of benzene rings is 2. The van der Waals surface area contributed by atoms with E-state index in [0.29, 0.717) is 37.4 Å². The molecule has 2 aromatic carbocycles. The summed E-state index contributed by atoms with van der Waals surface area (Å²) in [7, 11) is 0. The van der Waals surface area contributed by atoms with Crippen LogP contribution in [0, 0.1) is 18.6 Å². The molecule has 162 valence electrons. The third kappa shape index (κ3) is 5.02. The van der Waals surface area contributed by atoms with Crippen LogP contribution in [0.15, 0.2) is 47.6 Å². The molecule has 3 aromatic rings. The number of thioether (sulfide) groups is 1. The van der Waals surface area contributed by atoms with E-state index in [9.17, 15) is 13.6 Å². The smallest absolute Gasteiger partial charge is 0.234 e. The molecule has 1 amide bonds. The van der Waals surface area contributed by atoms with Crippen molar-refractivity contribution in [1.29, 1.82) is 0 Å². The van der Waals surface area contributed by atoms with Gasteiger partial charge in [-0.1, -0.05) is 30.0 Å². The van der Waals surface area contributed by atoms with Crippen LogP contribution in [0.2, 0.25) is 0 Å². The molecule has 1 N–H and O–H groups in total. The van der Waals surface area contributed by atoms with Crippen molar-refractivity contribution < 1.29 is 18.3 Å². The van der Waals surface area contributed by atoms with Crippen molar-refractivity contribution in [3.05, 3.63) is 59.7 Å². The third-order valence-corrected chi connectivity index (χ3v) is 5.67. The lowest BCUT2D eigenvalue weighted by Gasteiger charge is -2.28. The van der Waals surface area contributed by atoms with Crippen LogP contribution in [0.3, 0.4) is 0 Å². The predicted molar refractivity (Wildman–Crippen MR) is 115 cm³/mol. The minimum absolute atomic E-state index is 0.00522. The number of morpholine rings is 1. The molecule has 4 rings (SSSR count). The molecule has 0 atom stereocenters. The van der Waals surface area contributed by atoms with E-state index < -0.39 is 17.5 Å². The van der Waals surface area contributed by atoms with Gasteiger partial charge in [-0.2, -0.15) is 0 Å². The minimum atomic E-state index is -0.752. The van der Waals surface area contributed by atoms with E-state index in [1.165, 1.54) is 11.8 Å². The van der Waals surface area contributed by atoms with E-state index in [1.54, 1.807) is 0 Å². The quantitative estimate of drug-likeness (QED) is 0.587. The van der Waals surface area contributed by atoms with Gasteiger partial charge < -0.3 is 15.0 Å². The number of aryl methyl sites for hydroxylation is 1. The molecule has 31 heavy (non-hydrogen) atoms. The van der Waals surface area contributed by atoms with Gasteiger partial charge in [-0.25, -0.2) is 8.78 Å². The van der Waals surface area contributed by atoms with Crippen LogP contribution < -0.4 is 10.2 Å². The summed E-state index contributed by atoms with van der Waals surface area (Å²) >= 11 is 1.20. The van der Waals surface area contributed by atoms with E-state index >= 15 is 0 Å². The first-order valence-electron chi connectivity index (χ1n) is 9.74. The molecule has 10 heteroatoms. The van der Waals surface area contributed by atoms with E-state index in [-0.39, 0.29) is 11.4 Å². The maximum atomic E-state index is 13.4. The van der Waals surface area contributed by atoms with Gasteiger partial charge >= 0.3 is 0 Å². The molecule has 1 aromatic heterocycles. The van der Waals surface area contributed by atoms with Gasteiger partial charge in [0.1, 0.15) is 11.6 Å². The Hall–Kier alpha value is -2.98. The number of aromatic nitrogens is 3. The fourth-order valence-corrected chi connectivity index (χ4v) is 4.04. The summed E-state index contributed by atoms with van der Waals surface area (Å²) < 4.78 is 34.1. The second kappa shape index (κ2) is 9.44. The summed E-state index contributed by atoms with van der Waals surface area (Å²) in [5.41, 5.74) is 2.03. The van der Waals surface area contributed by atoms with Gasteiger partial charge in [-0.15, -0.1) is 10.2 Å². The molecular weight excluding hydrogens is 424 g/mol. The number of anilines is 2. The molecule has 1 saturated heterocycles. The van der Waals surface area contributed by atoms with Crippen molar-refractivity contribution in [3.8, 4) is 5.69 Å². The van der Waals surface area contributed by atoms with Crippen LogP contribution in [0.5, 0.6) is 0 Å². The number of carbonyl (C=O) groups is 1. The highest BCUT2D eigenvalue weighted by Gasteiger charge is 2.23. The summed E-state index contributed by atoms with van der Waals surface area (Å²) in [6, 6.07) is 10.7. The van der Waals surface area contributed by atoms with E-state index in [1.807, 2.05) is 35.8 Å². The van der Waals surface area contributed by atoms with Crippen molar-refractivity contribution in [2.45, 2.75) is 12.1 Å². The zero-order chi connectivity index (χ0) is 21.8. The van der Waals surface area contributed by atoms with Crippen LogP contribution in [0.4, 0.5) is 20.4 Å². The number of para-hydroxylation sites is 1. The number of rotatable bonds is 6. The number of halogens is 2. The molecule has 2 heterocycles. The molecule has 0 radical (unpaired) electrons. The fourth-order valence-electron chi connectivity index (χ4n) is 3.30. The SMILES string of the molecule is Cc1ccccc1-n1c(SCC(=O)Nc2cc(F)cc(F)c2)nnc1N1CCOCC1. The zero-order valence-electron chi connectivity index (χ0n) is 16.8. The Balaban J connectivity index is 1.55. The summed E-state index contributed by atoms with van der Waals surface area (Å²) in [6.45, 7) is 4.60. The average molecular weight is 445 g/mol. The Morgan fingerprint density at radius 3 is 2.55 bits per heavy atom. The topological polar surface area (TPSA) is 72.3 Å². The molecule has 0 aliphatic carbocycles.